The summed E-state index contributed by atoms with van der Waals surface area (Å²) in [6.07, 6.45) is 6.54. The molecule has 1 heteroatoms. The Bertz CT molecular complexity index is 746. The molecular weight excluding hydrogens is 340 g/mol. The van der Waals surface area contributed by atoms with E-state index in [0.717, 1.165) is 36.2 Å². The molecule has 3 saturated carbocycles. The first-order valence-electron chi connectivity index (χ1n) is 14.2. The summed E-state index contributed by atoms with van der Waals surface area (Å²) < 4.78 is 34.1. The standard InChI is InChI=1S/C27H46O/c1-18(2)7-6-8-19(3)23-11-12-24-22-10-9-20-17-21(28)13-15-26(20,4)25(22)14-16-27(23,24)5/h9,18-19,21-25,28H,6-8,10-17H2,1-5H3/t19-,21?,22+,23-,24+,25+,26+,27-/m1/s1/i13T2,15T,21T/t15?,19-,21?,22+,23-,24+,25+,26+,27-. The third kappa shape index (κ3) is 3.42. The van der Waals surface area contributed by atoms with Gasteiger partial charge in [-0.15, -0.1) is 0 Å². The van der Waals surface area contributed by atoms with Gasteiger partial charge in [0.05, 0.1) is 7.45 Å². The van der Waals surface area contributed by atoms with Crippen LogP contribution in [0, 0.1) is 46.3 Å². The summed E-state index contributed by atoms with van der Waals surface area (Å²) >= 11 is 0. The Balaban J connectivity index is 1.57. The molecule has 0 saturated heterocycles. The Hall–Kier alpha value is -0.300. The monoisotopic (exact) mass is 394 g/mol. The molecule has 4 aliphatic rings. The molecule has 4 aliphatic carbocycles. The lowest BCUT2D eigenvalue weighted by molar-refractivity contribution is -0.0573. The Labute approximate surface area is 180 Å². The van der Waals surface area contributed by atoms with Crippen LogP contribution < -0.4 is 0 Å². The van der Waals surface area contributed by atoms with Crippen molar-refractivity contribution >= 4 is 0 Å². The molecule has 28 heavy (non-hydrogen) atoms. The van der Waals surface area contributed by atoms with Crippen LogP contribution in [0.3, 0.4) is 0 Å². The zero-order valence-corrected chi connectivity index (χ0v) is 18.9. The Morgan fingerprint density at radius 3 is 2.71 bits per heavy atom. The van der Waals surface area contributed by atoms with Crippen molar-refractivity contribution in [1.29, 1.82) is 0 Å². The van der Waals surface area contributed by atoms with Crippen molar-refractivity contribution in [1.82, 2.24) is 0 Å². The summed E-state index contributed by atoms with van der Waals surface area (Å²) in [6.45, 7) is 11.8. The number of hydrogen-bond acceptors (Lipinski definition) is 1. The summed E-state index contributed by atoms with van der Waals surface area (Å²) in [5.74, 6) is 3.78. The van der Waals surface area contributed by atoms with Gasteiger partial charge in [-0.2, -0.15) is 0 Å². The SMILES string of the molecule is [3H]C1C([3H])([3H])C([3H])(O)CC2=CC[C@H]3[C@@H]4CC[C@H]([C@H](C)CCCC(C)C)[C@@]4(C)CC[C@@H]3[C@]21C. The smallest absolute Gasteiger partial charge is 0.0604 e. The second kappa shape index (κ2) is 7.75. The van der Waals surface area contributed by atoms with Crippen LogP contribution in [0.15, 0.2) is 11.6 Å². The first kappa shape index (κ1) is 16.4. The first-order chi connectivity index (χ1) is 14.8. The van der Waals surface area contributed by atoms with Crippen LogP contribution in [0.25, 0.3) is 0 Å². The molecule has 9 atom stereocenters. The lowest BCUT2D eigenvalue weighted by Gasteiger charge is -2.58. The van der Waals surface area contributed by atoms with E-state index in [0.29, 0.717) is 23.2 Å². The molecule has 1 N–H and O–H groups in total. The minimum atomic E-state index is -2.22. The van der Waals surface area contributed by atoms with Crippen molar-refractivity contribution in [3.8, 4) is 0 Å². The van der Waals surface area contributed by atoms with E-state index in [4.69, 9.17) is 5.48 Å². The van der Waals surface area contributed by atoms with Gasteiger partial charge in [0.1, 0.15) is 0 Å². The Morgan fingerprint density at radius 1 is 1.18 bits per heavy atom. The van der Waals surface area contributed by atoms with E-state index >= 15 is 0 Å². The van der Waals surface area contributed by atoms with E-state index in [1.54, 1.807) is 0 Å². The maximum absolute atomic E-state index is 10.5. The third-order valence-corrected chi connectivity index (χ3v) is 9.63. The molecule has 160 valence electrons. The minimum absolute atomic E-state index is 0.0482. The maximum Gasteiger partial charge on any atom is 0.0604 e. The highest BCUT2D eigenvalue weighted by Crippen LogP contribution is 2.67. The molecule has 2 unspecified atom stereocenters. The minimum Gasteiger partial charge on any atom is -0.393 e. The second-order valence-corrected chi connectivity index (χ2v) is 11.6. The number of aliphatic hydroxyl groups is 1. The zero-order chi connectivity index (χ0) is 23.7. The van der Waals surface area contributed by atoms with E-state index in [-0.39, 0.29) is 6.42 Å². The van der Waals surface area contributed by atoms with Crippen LogP contribution in [-0.4, -0.2) is 11.2 Å². The fraction of sp³-hybridized carbons (Fsp3) is 0.926. The van der Waals surface area contributed by atoms with Gasteiger partial charge in [-0.25, -0.2) is 0 Å². The fourth-order valence-electron chi connectivity index (χ4n) is 8.05. The predicted molar refractivity (Wildman–Crippen MR) is 119 cm³/mol. The summed E-state index contributed by atoms with van der Waals surface area (Å²) in [5, 5.41) is 10.5. The molecule has 0 aromatic heterocycles. The quantitative estimate of drug-likeness (QED) is 0.482. The van der Waals surface area contributed by atoms with Crippen molar-refractivity contribution in [3.05, 3.63) is 11.6 Å². The molecular formula is C27H46O. The topological polar surface area (TPSA) is 20.2 Å². The van der Waals surface area contributed by atoms with Gasteiger partial charge < -0.3 is 5.11 Å². The van der Waals surface area contributed by atoms with E-state index in [1.165, 1.54) is 38.5 Å². The molecule has 0 amide bonds. The zero-order valence-electron chi connectivity index (χ0n) is 22.9. The van der Waals surface area contributed by atoms with Crippen LogP contribution in [0.1, 0.15) is 111 Å². The van der Waals surface area contributed by atoms with Crippen molar-refractivity contribution in [2.24, 2.45) is 46.3 Å². The van der Waals surface area contributed by atoms with Crippen molar-refractivity contribution in [2.45, 2.75) is 111 Å². The molecule has 1 nitrogen and oxygen atoms in total. The average molecular weight is 395 g/mol. The van der Waals surface area contributed by atoms with Crippen LogP contribution in [0.2, 0.25) is 0 Å². The largest absolute Gasteiger partial charge is 0.393 e. The number of hydrogen-bond donors (Lipinski definition) is 1. The molecule has 0 aliphatic heterocycles. The lowest BCUT2D eigenvalue weighted by atomic mass is 9.47. The van der Waals surface area contributed by atoms with Crippen LogP contribution in [0.4, 0.5) is 0 Å². The molecule has 0 radical (unpaired) electrons. The molecule has 0 bridgehead atoms. The first-order valence-corrected chi connectivity index (χ1v) is 12.1. The molecule has 3 fully saturated rings. The molecule has 0 spiro atoms. The second-order valence-electron chi connectivity index (χ2n) is 11.6. The van der Waals surface area contributed by atoms with Gasteiger partial charge in [-0.05, 0) is 97.6 Å². The highest BCUT2D eigenvalue weighted by atomic mass is 16.3. The van der Waals surface area contributed by atoms with Crippen molar-refractivity contribution in [3.63, 3.8) is 0 Å². The summed E-state index contributed by atoms with van der Waals surface area (Å²) in [7, 11) is 0. The van der Waals surface area contributed by atoms with Gasteiger partial charge in [0, 0.05) is 4.11 Å². The van der Waals surface area contributed by atoms with Gasteiger partial charge in [-0.1, -0.05) is 65.5 Å². The van der Waals surface area contributed by atoms with Crippen LogP contribution in [-0.2, 0) is 0 Å². The van der Waals surface area contributed by atoms with Gasteiger partial charge in [0.15, 0.2) is 0 Å². The van der Waals surface area contributed by atoms with E-state index in [9.17, 15) is 5.11 Å². The summed E-state index contributed by atoms with van der Waals surface area (Å²) in [4.78, 5) is 0. The lowest BCUT2D eigenvalue weighted by Crippen LogP contribution is -2.50. The summed E-state index contributed by atoms with van der Waals surface area (Å²) in [5.41, 5.74) is 0.773. The molecule has 0 heterocycles. The van der Waals surface area contributed by atoms with Crippen LogP contribution >= 0.6 is 0 Å². The molecule has 0 aromatic carbocycles. The van der Waals surface area contributed by atoms with E-state index in [2.05, 4.69) is 40.7 Å². The van der Waals surface area contributed by atoms with E-state index < -0.39 is 24.3 Å². The third-order valence-electron chi connectivity index (χ3n) is 9.63. The fourth-order valence-corrected chi connectivity index (χ4v) is 8.05. The maximum atomic E-state index is 10.5. The predicted octanol–water partition coefficient (Wildman–Crippen LogP) is 7.39. The van der Waals surface area contributed by atoms with Gasteiger partial charge in [0.25, 0.3) is 0 Å². The Morgan fingerprint density at radius 2 is 1.96 bits per heavy atom. The average Bonchev–Trinajstić information content (AvgIpc) is 3.05. The number of allylic oxidation sites excluding steroid dienone is 1. The normalized spacial score (nSPS) is 55.7. The molecule has 0 aromatic rings. The van der Waals surface area contributed by atoms with Crippen molar-refractivity contribution < 1.29 is 10.6 Å². The molecule has 4 rings (SSSR count). The number of rotatable bonds is 5. The van der Waals surface area contributed by atoms with Crippen molar-refractivity contribution in [2.75, 3.05) is 0 Å². The van der Waals surface area contributed by atoms with Crippen LogP contribution in [0.5, 0.6) is 0 Å². The summed E-state index contributed by atoms with van der Waals surface area (Å²) in [6, 6.07) is 0. The number of fused-ring (bicyclic) bond motifs is 5. The van der Waals surface area contributed by atoms with Gasteiger partial charge in [0.2, 0.25) is 0 Å². The Kier molecular flexibility index (Phi) is 4.54. The highest BCUT2D eigenvalue weighted by molar-refractivity contribution is 5.25. The van der Waals surface area contributed by atoms with E-state index in [1.807, 2.05) is 0 Å². The van der Waals surface area contributed by atoms with Gasteiger partial charge >= 0.3 is 0 Å². The highest BCUT2D eigenvalue weighted by Gasteiger charge is 2.59. The van der Waals surface area contributed by atoms with Gasteiger partial charge in [-0.3, -0.25) is 0 Å².